The molecule has 1 unspecified atom stereocenters. The number of benzene rings is 2. The molecule has 0 saturated carbocycles. The fraction of sp³-hybridized carbons (Fsp3) is 0.150. The fourth-order valence-electron chi connectivity index (χ4n) is 2.97. The molecule has 0 bridgehead atoms. The summed E-state index contributed by atoms with van der Waals surface area (Å²) in [5, 5.41) is 0. The largest absolute Gasteiger partial charge is 0.383 e. The Morgan fingerprint density at radius 3 is 2.37 bits per heavy atom. The quantitative estimate of drug-likeness (QED) is 0.639. The number of rotatable bonds is 5. The molecule has 0 spiro atoms. The van der Waals surface area contributed by atoms with Gasteiger partial charge in [0.1, 0.15) is 10.7 Å². The third kappa shape index (κ3) is 3.90. The zero-order valence-electron chi connectivity index (χ0n) is 15.0. The van der Waals surface area contributed by atoms with E-state index in [0.29, 0.717) is 0 Å². The van der Waals surface area contributed by atoms with Crippen molar-refractivity contribution in [2.75, 3.05) is 12.8 Å². The first-order chi connectivity index (χ1) is 12.8. The molecule has 140 valence electrons. The molecular weight excluding hydrogens is 426 g/mol. The van der Waals surface area contributed by atoms with Crippen molar-refractivity contribution < 1.29 is 8.42 Å². The van der Waals surface area contributed by atoms with Gasteiger partial charge in [0.15, 0.2) is 0 Å². The Balaban J connectivity index is 2.18. The van der Waals surface area contributed by atoms with Crippen molar-refractivity contribution in [2.45, 2.75) is 17.9 Å². The van der Waals surface area contributed by atoms with Crippen molar-refractivity contribution >= 4 is 31.8 Å². The smallest absolute Gasteiger partial charge is 0.247 e. The minimum atomic E-state index is -3.88. The molecule has 3 aromatic rings. The molecule has 3 rings (SSSR count). The van der Waals surface area contributed by atoms with Gasteiger partial charge in [-0.05, 0) is 35.7 Å². The van der Waals surface area contributed by atoms with Gasteiger partial charge in [0.25, 0.3) is 0 Å². The second kappa shape index (κ2) is 7.80. The number of anilines is 1. The van der Waals surface area contributed by atoms with Crippen LogP contribution in [-0.2, 0) is 10.0 Å². The summed E-state index contributed by atoms with van der Waals surface area (Å²) in [4.78, 5) is 4.02. The van der Waals surface area contributed by atoms with Crippen LogP contribution in [0.1, 0.15) is 22.7 Å². The minimum absolute atomic E-state index is 0.00797. The molecule has 27 heavy (non-hydrogen) atoms. The number of halogens is 1. The maximum Gasteiger partial charge on any atom is 0.247 e. The van der Waals surface area contributed by atoms with E-state index in [-0.39, 0.29) is 10.7 Å². The van der Waals surface area contributed by atoms with Crippen molar-refractivity contribution in [3.05, 3.63) is 88.0 Å². The predicted molar refractivity (Wildman–Crippen MR) is 111 cm³/mol. The van der Waals surface area contributed by atoms with Gasteiger partial charge >= 0.3 is 0 Å². The third-order valence-corrected chi connectivity index (χ3v) is 6.93. The lowest BCUT2D eigenvalue weighted by atomic mass is 9.99. The molecule has 7 heteroatoms. The molecule has 1 heterocycles. The number of hydrogen-bond acceptors (Lipinski definition) is 4. The molecule has 2 N–H and O–H groups in total. The maximum atomic E-state index is 13.4. The van der Waals surface area contributed by atoms with Crippen molar-refractivity contribution in [1.82, 2.24) is 9.29 Å². The number of sulfonamides is 1. The fourth-order valence-corrected chi connectivity index (χ4v) is 4.95. The minimum Gasteiger partial charge on any atom is -0.383 e. The summed E-state index contributed by atoms with van der Waals surface area (Å²) in [6, 6.07) is 18.1. The predicted octanol–water partition coefficient (Wildman–Crippen LogP) is 4.14. The molecule has 0 radical (unpaired) electrons. The molecule has 0 aliphatic heterocycles. The number of aromatic nitrogens is 1. The highest BCUT2D eigenvalue weighted by atomic mass is 79.9. The molecule has 0 fully saturated rings. The number of nitrogens with two attached hydrogens (primary N) is 1. The Kier molecular flexibility index (Phi) is 5.64. The van der Waals surface area contributed by atoms with E-state index in [1.54, 1.807) is 26.2 Å². The number of nitrogens with zero attached hydrogens (tertiary/aromatic N) is 2. The van der Waals surface area contributed by atoms with E-state index in [0.717, 1.165) is 21.2 Å². The van der Waals surface area contributed by atoms with E-state index in [4.69, 9.17) is 5.73 Å². The number of hydrogen-bond donors (Lipinski definition) is 1. The van der Waals surface area contributed by atoms with E-state index >= 15 is 0 Å². The highest BCUT2D eigenvalue weighted by Crippen LogP contribution is 2.36. The molecule has 0 aliphatic carbocycles. The molecule has 1 aromatic heterocycles. The second-order valence-corrected chi connectivity index (χ2v) is 9.07. The van der Waals surface area contributed by atoms with Gasteiger partial charge in [-0.15, -0.1) is 0 Å². The number of aryl methyl sites for hydroxylation is 1. The van der Waals surface area contributed by atoms with Gasteiger partial charge < -0.3 is 5.73 Å². The summed E-state index contributed by atoms with van der Waals surface area (Å²) in [6.07, 6.45) is 1.55. The first kappa shape index (κ1) is 19.5. The average Bonchev–Trinajstić information content (AvgIpc) is 2.66. The van der Waals surface area contributed by atoms with Crippen molar-refractivity contribution in [3.8, 4) is 0 Å². The Morgan fingerprint density at radius 2 is 1.70 bits per heavy atom. The summed E-state index contributed by atoms with van der Waals surface area (Å²) in [6.45, 7) is 1.79. The lowest BCUT2D eigenvalue weighted by Crippen LogP contribution is -2.33. The van der Waals surface area contributed by atoms with Crippen molar-refractivity contribution in [1.29, 1.82) is 0 Å². The molecule has 0 aliphatic rings. The average molecular weight is 446 g/mol. The summed E-state index contributed by atoms with van der Waals surface area (Å²) < 4.78 is 29.0. The number of pyridine rings is 1. The Morgan fingerprint density at radius 1 is 1.07 bits per heavy atom. The lowest BCUT2D eigenvalue weighted by Gasteiger charge is -2.29. The summed E-state index contributed by atoms with van der Waals surface area (Å²) in [5.74, 6) is -0.00797. The zero-order valence-corrected chi connectivity index (χ0v) is 17.4. The van der Waals surface area contributed by atoms with Crippen LogP contribution < -0.4 is 5.73 Å². The monoisotopic (exact) mass is 445 g/mol. The van der Waals surface area contributed by atoms with Gasteiger partial charge in [-0.2, -0.15) is 4.31 Å². The Hall–Kier alpha value is -2.22. The highest BCUT2D eigenvalue weighted by molar-refractivity contribution is 9.10. The van der Waals surface area contributed by atoms with E-state index in [1.807, 2.05) is 54.6 Å². The normalized spacial score (nSPS) is 12.9. The highest BCUT2D eigenvalue weighted by Gasteiger charge is 2.33. The van der Waals surface area contributed by atoms with Crippen LogP contribution in [0, 0.1) is 6.92 Å². The first-order valence-corrected chi connectivity index (χ1v) is 10.5. The van der Waals surface area contributed by atoms with E-state index in [1.165, 1.54) is 4.31 Å². The number of nitrogen functional groups attached to an aromatic ring is 1. The van der Waals surface area contributed by atoms with Crippen LogP contribution in [0.15, 0.2) is 76.2 Å². The van der Waals surface area contributed by atoms with Gasteiger partial charge in [0.05, 0.1) is 6.04 Å². The molecule has 5 nitrogen and oxygen atoms in total. The summed E-state index contributed by atoms with van der Waals surface area (Å²) in [7, 11) is -2.32. The van der Waals surface area contributed by atoms with E-state index < -0.39 is 16.1 Å². The van der Waals surface area contributed by atoms with Gasteiger partial charge in [0, 0.05) is 17.7 Å². The first-order valence-electron chi connectivity index (χ1n) is 8.32. The molecule has 0 amide bonds. The molecule has 1 atom stereocenters. The maximum absolute atomic E-state index is 13.4. The van der Waals surface area contributed by atoms with E-state index in [2.05, 4.69) is 20.9 Å². The molecule has 2 aromatic carbocycles. The summed E-state index contributed by atoms with van der Waals surface area (Å²) in [5.41, 5.74) is 8.32. The van der Waals surface area contributed by atoms with Crippen molar-refractivity contribution in [2.24, 2.45) is 0 Å². The molecule has 0 saturated heterocycles. The standard InChI is InChI=1S/C20H20BrN3O2S/c1-14-12-18(20(22)23-13-14)27(25,26)24(2)19(15-8-4-3-5-9-15)16-10-6-7-11-17(16)21/h3-13,19H,1-2H3,(H2,22,23). The summed E-state index contributed by atoms with van der Waals surface area (Å²) >= 11 is 3.55. The van der Waals surface area contributed by atoms with E-state index in [9.17, 15) is 8.42 Å². The van der Waals surface area contributed by atoms with Crippen molar-refractivity contribution in [3.63, 3.8) is 0 Å². The SMILES string of the molecule is Cc1cnc(N)c(S(=O)(=O)N(C)C(c2ccccc2)c2ccccc2Br)c1. The van der Waals surface area contributed by atoms with Crippen LogP contribution >= 0.6 is 15.9 Å². The Bertz CT molecular complexity index is 1060. The van der Waals surface area contributed by atoms with Gasteiger partial charge in [-0.1, -0.05) is 64.5 Å². The van der Waals surface area contributed by atoms with Gasteiger partial charge in [-0.25, -0.2) is 13.4 Å². The molecular formula is C20H20BrN3O2S. The van der Waals surface area contributed by atoms with Crippen LogP contribution in [0.4, 0.5) is 5.82 Å². The topological polar surface area (TPSA) is 76.3 Å². The van der Waals surface area contributed by atoms with Crippen LogP contribution in [0.5, 0.6) is 0 Å². The van der Waals surface area contributed by atoms with Gasteiger partial charge in [-0.3, -0.25) is 0 Å². The van der Waals surface area contributed by atoms with Crippen LogP contribution in [0.3, 0.4) is 0 Å². The second-order valence-electron chi connectivity index (χ2n) is 6.25. The van der Waals surface area contributed by atoms with Crippen LogP contribution in [0.25, 0.3) is 0 Å². The zero-order chi connectivity index (χ0) is 19.6. The Labute approximate surface area is 168 Å². The van der Waals surface area contributed by atoms with Crippen LogP contribution in [0.2, 0.25) is 0 Å². The van der Waals surface area contributed by atoms with Gasteiger partial charge in [0.2, 0.25) is 10.0 Å². The van der Waals surface area contributed by atoms with Crippen LogP contribution in [-0.4, -0.2) is 24.8 Å². The lowest BCUT2D eigenvalue weighted by molar-refractivity contribution is 0.417. The third-order valence-electron chi connectivity index (χ3n) is 4.35.